The normalized spacial score (nSPS) is 10.6. The maximum absolute atomic E-state index is 5.88. The molecule has 5 aromatic rings. The molecule has 2 N–H and O–H groups in total. The SMILES string of the molecule is COc1ccc2nc(Nc3ccc(OCc4ccccc4)cc3)nc(Nc3ccccc3)c2c1. The van der Waals surface area contributed by atoms with Crippen LogP contribution in [0.4, 0.5) is 23.1 Å². The van der Waals surface area contributed by atoms with Crippen LogP contribution in [0.5, 0.6) is 11.5 Å². The van der Waals surface area contributed by atoms with Crippen molar-refractivity contribution in [2.45, 2.75) is 6.61 Å². The van der Waals surface area contributed by atoms with Gasteiger partial charge in [-0.05, 0) is 60.2 Å². The second-order valence-electron chi connectivity index (χ2n) is 7.69. The molecule has 0 bridgehead atoms. The van der Waals surface area contributed by atoms with Crippen molar-refractivity contribution >= 4 is 34.0 Å². The van der Waals surface area contributed by atoms with Crippen LogP contribution in [-0.4, -0.2) is 17.1 Å². The summed E-state index contributed by atoms with van der Waals surface area (Å²) in [5.74, 6) is 2.74. The minimum Gasteiger partial charge on any atom is -0.497 e. The second kappa shape index (κ2) is 9.92. The summed E-state index contributed by atoms with van der Waals surface area (Å²) in [6.07, 6.45) is 0. The number of hydrogen-bond donors (Lipinski definition) is 2. The number of fused-ring (bicyclic) bond motifs is 1. The van der Waals surface area contributed by atoms with Gasteiger partial charge in [-0.2, -0.15) is 4.98 Å². The van der Waals surface area contributed by atoms with Crippen molar-refractivity contribution < 1.29 is 9.47 Å². The number of nitrogens with one attached hydrogen (secondary N) is 2. The first-order valence-electron chi connectivity index (χ1n) is 11.0. The molecule has 0 aliphatic carbocycles. The Morgan fingerprint density at radius 3 is 2.09 bits per heavy atom. The zero-order valence-corrected chi connectivity index (χ0v) is 18.7. The third kappa shape index (κ3) is 5.07. The smallest absolute Gasteiger partial charge is 0.229 e. The van der Waals surface area contributed by atoms with Crippen LogP contribution in [0.3, 0.4) is 0 Å². The minimum atomic E-state index is 0.494. The minimum absolute atomic E-state index is 0.494. The van der Waals surface area contributed by atoms with Crippen molar-refractivity contribution in [2.75, 3.05) is 17.7 Å². The summed E-state index contributed by atoms with van der Waals surface area (Å²) < 4.78 is 11.3. The number of para-hydroxylation sites is 1. The molecule has 0 amide bonds. The number of methoxy groups -OCH3 is 1. The van der Waals surface area contributed by atoms with Gasteiger partial charge in [0, 0.05) is 16.8 Å². The lowest BCUT2D eigenvalue weighted by molar-refractivity contribution is 0.306. The fraction of sp³-hybridized carbons (Fsp3) is 0.0714. The Morgan fingerprint density at radius 1 is 0.676 bits per heavy atom. The van der Waals surface area contributed by atoms with Gasteiger partial charge in [0.15, 0.2) is 0 Å². The standard InChI is InChI=1S/C28H24N4O2/c1-33-24-16-17-26-25(18-24)27(29-21-10-6-3-7-11-21)32-28(31-26)30-22-12-14-23(15-13-22)34-19-20-8-4-2-5-9-20/h2-18H,19H2,1H3,(H2,29,30,31,32). The molecule has 5 rings (SSSR count). The van der Waals surface area contributed by atoms with Crippen LogP contribution in [0, 0.1) is 0 Å². The number of aromatic nitrogens is 2. The Kier molecular flexibility index (Phi) is 6.21. The Labute approximate surface area is 198 Å². The molecule has 4 aromatic carbocycles. The predicted molar refractivity (Wildman–Crippen MR) is 136 cm³/mol. The highest BCUT2D eigenvalue weighted by Gasteiger charge is 2.10. The van der Waals surface area contributed by atoms with E-state index >= 15 is 0 Å². The van der Waals surface area contributed by atoms with Gasteiger partial charge in [-0.15, -0.1) is 0 Å². The molecule has 34 heavy (non-hydrogen) atoms. The van der Waals surface area contributed by atoms with Crippen LogP contribution in [0.2, 0.25) is 0 Å². The molecule has 0 atom stereocenters. The van der Waals surface area contributed by atoms with Gasteiger partial charge in [-0.3, -0.25) is 0 Å². The fourth-order valence-electron chi connectivity index (χ4n) is 3.55. The molecular weight excluding hydrogens is 424 g/mol. The molecule has 1 heterocycles. The molecule has 0 aliphatic rings. The lowest BCUT2D eigenvalue weighted by atomic mass is 10.2. The Morgan fingerprint density at radius 2 is 1.35 bits per heavy atom. The van der Waals surface area contributed by atoms with E-state index in [2.05, 4.69) is 10.6 Å². The molecule has 0 radical (unpaired) electrons. The van der Waals surface area contributed by atoms with Gasteiger partial charge in [-0.1, -0.05) is 48.5 Å². The molecule has 0 saturated carbocycles. The van der Waals surface area contributed by atoms with Gasteiger partial charge >= 0.3 is 0 Å². The zero-order valence-electron chi connectivity index (χ0n) is 18.7. The quantitative estimate of drug-likeness (QED) is 0.275. The average Bonchev–Trinajstić information content (AvgIpc) is 2.89. The van der Waals surface area contributed by atoms with E-state index in [0.717, 1.165) is 39.3 Å². The van der Waals surface area contributed by atoms with E-state index in [-0.39, 0.29) is 0 Å². The molecule has 168 valence electrons. The summed E-state index contributed by atoms with van der Waals surface area (Å²) in [5, 5.41) is 7.58. The first-order valence-corrected chi connectivity index (χ1v) is 11.0. The molecule has 0 saturated heterocycles. The lowest BCUT2D eigenvalue weighted by Gasteiger charge is -2.13. The third-order valence-corrected chi connectivity index (χ3v) is 5.30. The van der Waals surface area contributed by atoms with Crippen molar-refractivity contribution in [1.82, 2.24) is 9.97 Å². The second-order valence-corrected chi connectivity index (χ2v) is 7.69. The molecule has 0 unspecified atom stereocenters. The highest BCUT2D eigenvalue weighted by Crippen LogP contribution is 2.29. The van der Waals surface area contributed by atoms with Gasteiger partial charge < -0.3 is 20.1 Å². The maximum atomic E-state index is 5.88. The number of hydrogen-bond acceptors (Lipinski definition) is 6. The van der Waals surface area contributed by atoms with Crippen molar-refractivity contribution in [3.63, 3.8) is 0 Å². The van der Waals surface area contributed by atoms with Crippen molar-refractivity contribution in [2.24, 2.45) is 0 Å². The largest absolute Gasteiger partial charge is 0.497 e. The van der Waals surface area contributed by atoms with E-state index < -0.39 is 0 Å². The van der Waals surface area contributed by atoms with Crippen molar-refractivity contribution in [1.29, 1.82) is 0 Å². The van der Waals surface area contributed by atoms with Gasteiger partial charge in [-0.25, -0.2) is 4.98 Å². The highest BCUT2D eigenvalue weighted by atomic mass is 16.5. The van der Waals surface area contributed by atoms with Crippen LogP contribution in [-0.2, 0) is 6.61 Å². The number of nitrogens with zero attached hydrogens (tertiary/aromatic N) is 2. The topological polar surface area (TPSA) is 68.3 Å². The van der Waals surface area contributed by atoms with Crippen molar-refractivity contribution in [3.8, 4) is 11.5 Å². The van der Waals surface area contributed by atoms with E-state index in [0.29, 0.717) is 18.4 Å². The summed E-state index contributed by atoms with van der Waals surface area (Å²) in [7, 11) is 1.65. The van der Waals surface area contributed by atoms with E-state index in [4.69, 9.17) is 19.4 Å². The van der Waals surface area contributed by atoms with E-state index in [9.17, 15) is 0 Å². The predicted octanol–water partition coefficient (Wildman–Crippen LogP) is 6.70. The lowest BCUT2D eigenvalue weighted by Crippen LogP contribution is -2.02. The molecule has 6 nitrogen and oxygen atoms in total. The van der Waals surface area contributed by atoms with Gasteiger partial charge in [0.25, 0.3) is 0 Å². The number of rotatable bonds is 8. The van der Waals surface area contributed by atoms with Gasteiger partial charge in [0.2, 0.25) is 5.95 Å². The summed E-state index contributed by atoms with van der Waals surface area (Å²) in [6.45, 7) is 0.527. The number of ether oxygens (including phenoxy) is 2. The van der Waals surface area contributed by atoms with Crippen LogP contribution < -0.4 is 20.1 Å². The molecular formula is C28H24N4O2. The van der Waals surface area contributed by atoms with E-state index in [1.54, 1.807) is 7.11 Å². The molecule has 1 aromatic heterocycles. The highest BCUT2D eigenvalue weighted by molar-refractivity contribution is 5.93. The summed E-state index contributed by atoms with van der Waals surface area (Å²) >= 11 is 0. The number of anilines is 4. The fourth-order valence-corrected chi connectivity index (χ4v) is 3.55. The molecule has 0 spiro atoms. The number of benzene rings is 4. The summed E-state index contributed by atoms with van der Waals surface area (Å²) in [5.41, 5.74) is 3.74. The Bertz CT molecular complexity index is 1370. The Balaban J connectivity index is 1.37. The third-order valence-electron chi connectivity index (χ3n) is 5.30. The van der Waals surface area contributed by atoms with Crippen LogP contribution in [0.25, 0.3) is 10.9 Å². The first kappa shape index (κ1) is 21.3. The van der Waals surface area contributed by atoms with E-state index in [1.807, 2.05) is 103 Å². The van der Waals surface area contributed by atoms with E-state index in [1.165, 1.54) is 0 Å². The van der Waals surface area contributed by atoms with Crippen LogP contribution in [0.15, 0.2) is 103 Å². The summed E-state index contributed by atoms with van der Waals surface area (Å²) in [4.78, 5) is 9.44. The molecule has 0 aliphatic heterocycles. The molecule has 0 fully saturated rings. The summed E-state index contributed by atoms with van der Waals surface area (Å²) in [6, 6.07) is 33.5. The zero-order chi connectivity index (χ0) is 23.2. The van der Waals surface area contributed by atoms with Crippen molar-refractivity contribution in [3.05, 3.63) is 109 Å². The van der Waals surface area contributed by atoms with Crippen LogP contribution in [0.1, 0.15) is 5.56 Å². The molecule has 6 heteroatoms. The maximum Gasteiger partial charge on any atom is 0.229 e. The van der Waals surface area contributed by atoms with Crippen LogP contribution >= 0.6 is 0 Å². The average molecular weight is 449 g/mol. The van der Waals surface area contributed by atoms with Gasteiger partial charge in [0.05, 0.1) is 12.6 Å². The first-order chi connectivity index (χ1) is 16.8. The monoisotopic (exact) mass is 448 g/mol. The Hall–Kier alpha value is -4.58. The van der Waals surface area contributed by atoms with Gasteiger partial charge in [0.1, 0.15) is 23.9 Å².